The lowest BCUT2D eigenvalue weighted by molar-refractivity contribution is -0.124. The van der Waals surface area contributed by atoms with Crippen molar-refractivity contribution >= 4 is 34.0 Å². The molecule has 3 aromatic rings. The molecule has 0 fully saturated rings. The Morgan fingerprint density at radius 3 is 2.61 bits per heavy atom. The van der Waals surface area contributed by atoms with Gasteiger partial charge in [0, 0.05) is 16.8 Å². The van der Waals surface area contributed by atoms with Gasteiger partial charge in [-0.25, -0.2) is 9.48 Å². The SMILES string of the molecule is CC(C)n1nc(C(=O)OCC(=O)NCCc2cccs2)c2ccccc2c1=O. The van der Waals surface area contributed by atoms with Crippen molar-refractivity contribution in [3.63, 3.8) is 0 Å². The second kappa shape index (κ2) is 8.79. The van der Waals surface area contributed by atoms with Crippen LogP contribution in [0.1, 0.15) is 35.3 Å². The van der Waals surface area contributed by atoms with Gasteiger partial charge in [-0.05, 0) is 37.8 Å². The van der Waals surface area contributed by atoms with Gasteiger partial charge in [0.05, 0.1) is 11.4 Å². The number of carbonyl (C=O) groups is 2. The van der Waals surface area contributed by atoms with Crippen LogP contribution >= 0.6 is 11.3 Å². The van der Waals surface area contributed by atoms with Crippen LogP contribution in [-0.2, 0) is 16.0 Å². The number of benzene rings is 1. The summed E-state index contributed by atoms with van der Waals surface area (Å²) in [4.78, 5) is 38.2. The Labute approximate surface area is 165 Å². The van der Waals surface area contributed by atoms with Crippen molar-refractivity contribution in [1.82, 2.24) is 15.1 Å². The van der Waals surface area contributed by atoms with Crippen molar-refractivity contribution in [3.05, 3.63) is 62.7 Å². The summed E-state index contributed by atoms with van der Waals surface area (Å²) < 4.78 is 6.38. The summed E-state index contributed by atoms with van der Waals surface area (Å²) >= 11 is 1.62. The third kappa shape index (κ3) is 4.45. The third-order valence-corrected chi connectivity index (χ3v) is 5.06. The molecule has 146 valence electrons. The number of nitrogens with one attached hydrogen (secondary N) is 1. The van der Waals surface area contributed by atoms with Gasteiger partial charge in [-0.3, -0.25) is 9.59 Å². The van der Waals surface area contributed by atoms with Crippen LogP contribution in [-0.4, -0.2) is 34.8 Å². The number of esters is 1. The number of nitrogens with zero attached hydrogens (tertiary/aromatic N) is 2. The van der Waals surface area contributed by atoms with Crippen molar-refractivity contribution in [2.75, 3.05) is 13.2 Å². The summed E-state index contributed by atoms with van der Waals surface area (Å²) in [6.07, 6.45) is 0.725. The van der Waals surface area contributed by atoms with Crippen molar-refractivity contribution in [1.29, 1.82) is 0 Å². The molecular weight excluding hydrogens is 378 g/mol. The van der Waals surface area contributed by atoms with E-state index in [9.17, 15) is 14.4 Å². The summed E-state index contributed by atoms with van der Waals surface area (Å²) in [7, 11) is 0. The fourth-order valence-corrected chi connectivity index (χ4v) is 3.45. The minimum Gasteiger partial charge on any atom is -0.451 e. The van der Waals surface area contributed by atoms with E-state index in [2.05, 4.69) is 10.4 Å². The zero-order valence-corrected chi connectivity index (χ0v) is 16.5. The van der Waals surface area contributed by atoms with Crippen molar-refractivity contribution in [3.8, 4) is 0 Å². The van der Waals surface area contributed by atoms with E-state index < -0.39 is 12.6 Å². The molecule has 0 bridgehead atoms. The molecule has 0 atom stereocenters. The number of carbonyl (C=O) groups excluding carboxylic acids is 2. The summed E-state index contributed by atoms with van der Waals surface area (Å²) in [5.41, 5.74) is -0.247. The molecule has 0 spiro atoms. The maximum atomic E-state index is 12.5. The highest BCUT2D eigenvalue weighted by molar-refractivity contribution is 7.09. The highest BCUT2D eigenvalue weighted by Crippen LogP contribution is 2.15. The van der Waals surface area contributed by atoms with Crippen LogP contribution < -0.4 is 10.9 Å². The zero-order valence-electron chi connectivity index (χ0n) is 15.7. The second-order valence-corrected chi connectivity index (χ2v) is 7.53. The number of rotatable bonds is 7. The van der Waals surface area contributed by atoms with Crippen LogP contribution in [0.25, 0.3) is 10.8 Å². The zero-order chi connectivity index (χ0) is 20.1. The van der Waals surface area contributed by atoms with E-state index in [0.29, 0.717) is 17.3 Å². The molecule has 0 aliphatic rings. The molecular formula is C20H21N3O4S. The van der Waals surface area contributed by atoms with Crippen LogP contribution in [0.2, 0.25) is 0 Å². The molecule has 3 rings (SSSR count). The quantitative estimate of drug-likeness (QED) is 0.617. The predicted molar refractivity (Wildman–Crippen MR) is 108 cm³/mol. The highest BCUT2D eigenvalue weighted by atomic mass is 32.1. The number of thiophene rings is 1. The van der Waals surface area contributed by atoms with Crippen molar-refractivity contribution in [2.24, 2.45) is 0 Å². The molecule has 0 saturated carbocycles. The van der Waals surface area contributed by atoms with Gasteiger partial charge in [-0.15, -0.1) is 11.3 Å². The van der Waals surface area contributed by atoms with Crippen LogP contribution in [0.15, 0.2) is 46.6 Å². The number of hydrogen-bond acceptors (Lipinski definition) is 6. The Kier molecular flexibility index (Phi) is 6.20. The normalized spacial score (nSPS) is 11.0. The largest absolute Gasteiger partial charge is 0.451 e. The predicted octanol–water partition coefficient (Wildman–Crippen LogP) is 2.55. The van der Waals surface area contributed by atoms with Gasteiger partial charge in [0.1, 0.15) is 0 Å². The van der Waals surface area contributed by atoms with Crippen LogP contribution in [0, 0.1) is 0 Å². The smallest absolute Gasteiger partial charge is 0.359 e. The van der Waals surface area contributed by atoms with E-state index in [1.54, 1.807) is 49.4 Å². The van der Waals surface area contributed by atoms with E-state index in [-0.39, 0.29) is 23.2 Å². The molecule has 0 unspecified atom stereocenters. The average Bonchev–Trinajstić information content (AvgIpc) is 3.20. The number of fused-ring (bicyclic) bond motifs is 1. The summed E-state index contributed by atoms with van der Waals surface area (Å²) in [6, 6.07) is 10.5. The molecule has 2 heterocycles. The lowest BCUT2D eigenvalue weighted by atomic mass is 10.1. The molecule has 1 N–H and O–H groups in total. The molecule has 8 heteroatoms. The van der Waals surface area contributed by atoms with Crippen molar-refractivity contribution in [2.45, 2.75) is 26.3 Å². The Bertz CT molecular complexity index is 1040. The molecule has 2 aromatic heterocycles. The molecule has 0 saturated heterocycles. The van der Waals surface area contributed by atoms with Crippen LogP contribution in [0.4, 0.5) is 0 Å². The van der Waals surface area contributed by atoms with Gasteiger partial charge >= 0.3 is 5.97 Å². The van der Waals surface area contributed by atoms with Gasteiger partial charge in [0.25, 0.3) is 11.5 Å². The lowest BCUT2D eigenvalue weighted by Gasteiger charge is -2.13. The monoisotopic (exact) mass is 399 g/mol. The summed E-state index contributed by atoms with van der Waals surface area (Å²) in [5, 5.41) is 9.67. The number of hydrogen-bond donors (Lipinski definition) is 1. The molecule has 28 heavy (non-hydrogen) atoms. The Hall–Kier alpha value is -3.00. The Morgan fingerprint density at radius 2 is 1.93 bits per heavy atom. The molecule has 1 aromatic carbocycles. The lowest BCUT2D eigenvalue weighted by Crippen LogP contribution is -2.31. The van der Waals surface area contributed by atoms with Gasteiger partial charge in [-0.2, -0.15) is 5.10 Å². The average molecular weight is 399 g/mol. The topological polar surface area (TPSA) is 90.3 Å². The fraction of sp³-hybridized carbons (Fsp3) is 0.300. The number of aromatic nitrogens is 2. The third-order valence-electron chi connectivity index (χ3n) is 4.12. The minimum atomic E-state index is -0.737. The standard InChI is InChI=1S/C20H21N3O4S/c1-13(2)23-19(25)16-8-4-3-7-15(16)18(22-23)20(26)27-12-17(24)21-10-9-14-6-5-11-28-14/h3-8,11,13H,9-10,12H2,1-2H3,(H,21,24). The maximum absolute atomic E-state index is 12.5. The first-order valence-electron chi connectivity index (χ1n) is 8.95. The fourth-order valence-electron chi connectivity index (χ4n) is 2.74. The molecule has 1 amide bonds. The van der Waals surface area contributed by atoms with E-state index in [1.807, 2.05) is 17.5 Å². The van der Waals surface area contributed by atoms with Gasteiger partial charge in [0.2, 0.25) is 0 Å². The molecule has 7 nitrogen and oxygen atoms in total. The molecule has 0 aliphatic heterocycles. The second-order valence-electron chi connectivity index (χ2n) is 6.49. The Morgan fingerprint density at radius 1 is 1.18 bits per heavy atom. The minimum absolute atomic E-state index is 0.0234. The molecule has 0 aliphatic carbocycles. The van der Waals surface area contributed by atoms with E-state index in [4.69, 9.17) is 4.74 Å². The van der Waals surface area contributed by atoms with Crippen LogP contribution in [0.5, 0.6) is 0 Å². The first-order chi connectivity index (χ1) is 13.5. The van der Waals surface area contributed by atoms with E-state index in [1.165, 1.54) is 9.56 Å². The first-order valence-corrected chi connectivity index (χ1v) is 9.83. The maximum Gasteiger partial charge on any atom is 0.359 e. The van der Waals surface area contributed by atoms with E-state index in [0.717, 1.165) is 6.42 Å². The summed E-state index contributed by atoms with van der Waals surface area (Å²) in [6.45, 7) is 3.68. The van der Waals surface area contributed by atoms with Gasteiger partial charge in [0.15, 0.2) is 12.3 Å². The number of ether oxygens (including phenoxy) is 1. The molecule has 0 radical (unpaired) electrons. The van der Waals surface area contributed by atoms with Gasteiger partial charge < -0.3 is 10.1 Å². The summed E-state index contributed by atoms with van der Waals surface area (Å²) in [5.74, 6) is -1.12. The first kappa shape index (κ1) is 19.8. The number of amides is 1. The Balaban J connectivity index is 1.68. The highest BCUT2D eigenvalue weighted by Gasteiger charge is 2.19. The van der Waals surface area contributed by atoms with Crippen LogP contribution in [0.3, 0.4) is 0 Å². The van der Waals surface area contributed by atoms with E-state index >= 15 is 0 Å². The van der Waals surface area contributed by atoms with Crippen molar-refractivity contribution < 1.29 is 14.3 Å². The van der Waals surface area contributed by atoms with Gasteiger partial charge in [-0.1, -0.05) is 24.3 Å².